The quantitative estimate of drug-likeness (QED) is 0.181. The lowest BCUT2D eigenvalue weighted by Crippen LogP contribution is -2.43. The predicted molar refractivity (Wildman–Crippen MR) is 75.4 cm³/mol. The van der Waals surface area contributed by atoms with Crippen molar-refractivity contribution in [2.24, 2.45) is 16.5 Å². The molecule has 118 valence electrons. The van der Waals surface area contributed by atoms with Gasteiger partial charge >= 0.3 is 17.8 Å². The first-order valence-corrected chi connectivity index (χ1v) is 6.03. The Kier molecular flexibility index (Phi) is 19.3. The van der Waals surface area contributed by atoms with Crippen LogP contribution >= 0.6 is 0 Å². The number of carbonyl (C=O) groups excluding carboxylic acids is 1. The first kappa shape index (κ1) is 23.0. The van der Waals surface area contributed by atoms with Crippen LogP contribution in [0, 0.1) is 0 Å². The zero-order chi connectivity index (χ0) is 16.6. The molecule has 0 radical (unpaired) electrons. The van der Waals surface area contributed by atoms with Crippen molar-refractivity contribution in [3.8, 4) is 0 Å². The molecule has 0 saturated heterocycles. The number of amides is 1. The molecular formula is C11H24N4O5. The maximum absolute atomic E-state index is 10.7. The first-order valence-electron chi connectivity index (χ1n) is 6.03. The van der Waals surface area contributed by atoms with E-state index in [-0.39, 0.29) is 6.42 Å². The molecule has 20 heavy (non-hydrogen) atoms. The van der Waals surface area contributed by atoms with Crippen molar-refractivity contribution in [1.29, 1.82) is 0 Å². The minimum atomic E-state index is -1.72. The van der Waals surface area contributed by atoms with E-state index in [2.05, 4.69) is 10.7 Å². The number of carboxylic acids is 2. The van der Waals surface area contributed by atoms with Gasteiger partial charge in [-0.25, -0.2) is 9.59 Å². The summed E-state index contributed by atoms with van der Waals surface area (Å²) >= 11 is 0. The third-order valence-electron chi connectivity index (χ3n) is 1.68. The Morgan fingerprint density at radius 1 is 1.25 bits per heavy atom. The fourth-order valence-corrected chi connectivity index (χ4v) is 0.939. The zero-order valence-electron chi connectivity index (χ0n) is 12.0. The zero-order valence-corrected chi connectivity index (χ0v) is 12.0. The van der Waals surface area contributed by atoms with Crippen molar-refractivity contribution in [2.75, 3.05) is 13.6 Å². The number of carboxylic acid groups (broad SMARTS) is 2. The van der Waals surface area contributed by atoms with Gasteiger partial charge in [0.1, 0.15) is 6.04 Å². The van der Waals surface area contributed by atoms with Crippen molar-refractivity contribution in [2.45, 2.75) is 32.7 Å². The monoisotopic (exact) mass is 292 g/mol. The molecule has 7 N–H and O–H groups in total. The molecule has 9 heteroatoms. The molecule has 0 aromatic heterocycles. The Bertz CT molecular complexity index is 307. The summed E-state index contributed by atoms with van der Waals surface area (Å²) in [5.74, 6) is -4.34. The molecule has 0 aromatic carbocycles. The van der Waals surface area contributed by atoms with Gasteiger partial charge < -0.3 is 27.0 Å². The van der Waals surface area contributed by atoms with Crippen molar-refractivity contribution >= 4 is 24.2 Å². The van der Waals surface area contributed by atoms with Gasteiger partial charge in [-0.2, -0.15) is 0 Å². The molecule has 0 aliphatic carbocycles. The maximum atomic E-state index is 10.7. The molecule has 0 aromatic rings. The van der Waals surface area contributed by atoms with Gasteiger partial charge in [0.2, 0.25) is 0 Å². The van der Waals surface area contributed by atoms with Crippen molar-refractivity contribution in [1.82, 2.24) is 5.32 Å². The second-order valence-electron chi connectivity index (χ2n) is 2.87. The van der Waals surface area contributed by atoms with Gasteiger partial charge in [0.05, 0.1) is 6.34 Å². The van der Waals surface area contributed by atoms with Crippen molar-refractivity contribution in [3.05, 3.63) is 0 Å². The van der Waals surface area contributed by atoms with E-state index >= 15 is 0 Å². The lowest BCUT2D eigenvalue weighted by Gasteiger charge is -2.11. The highest BCUT2D eigenvalue weighted by Crippen LogP contribution is 1.98. The number of aliphatic carboxylic acids is 2. The lowest BCUT2D eigenvalue weighted by atomic mass is 10.1. The standard InChI is InChI=1S/C8H13N3O5.C2H6.CH5N/c9-4-10-3-1-2-5(7(13)14)11-6(12)8(15)16;2*1-2/h4-5H,1-3H2,(H2,9,10)(H,11,12)(H,13,14)(H,15,16);1-2H3;2H2,1H3. The number of nitrogens with zero attached hydrogens (tertiary/aromatic N) is 1. The minimum absolute atomic E-state index is 0.0890. The number of aliphatic imine (C=N–C) groups is 1. The molecule has 0 saturated carbocycles. The number of nitrogens with two attached hydrogens (primary N) is 2. The minimum Gasteiger partial charge on any atom is -0.480 e. The summed E-state index contributed by atoms with van der Waals surface area (Å²) in [5.41, 5.74) is 9.47. The van der Waals surface area contributed by atoms with E-state index in [9.17, 15) is 14.4 Å². The summed E-state index contributed by atoms with van der Waals surface area (Å²) in [6, 6.07) is -1.23. The fourth-order valence-electron chi connectivity index (χ4n) is 0.939. The predicted octanol–water partition coefficient (Wildman–Crippen LogP) is -0.991. The third-order valence-corrected chi connectivity index (χ3v) is 1.68. The molecule has 0 aliphatic rings. The Labute approximate surface area is 118 Å². The van der Waals surface area contributed by atoms with Crippen LogP contribution in [-0.4, -0.2) is 54.0 Å². The van der Waals surface area contributed by atoms with E-state index in [1.807, 2.05) is 19.2 Å². The summed E-state index contributed by atoms with van der Waals surface area (Å²) in [7, 11) is 1.50. The van der Waals surface area contributed by atoms with Crippen LogP contribution in [0.1, 0.15) is 26.7 Å². The Balaban J connectivity index is -0.000000656. The molecule has 0 aliphatic heterocycles. The lowest BCUT2D eigenvalue weighted by molar-refractivity contribution is -0.152. The Morgan fingerprint density at radius 3 is 2.10 bits per heavy atom. The number of nitrogens with one attached hydrogen (secondary N) is 1. The molecule has 9 nitrogen and oxygen atoms in total. The maximum Gasteiger partial charge on any atom is 0.394 e. The van der Waals surface area contributed by atoms with Gasteiger partial charge in [0.15, 0.2) is 0 Å². The molecule has 0 spiro atoms. The highest BCUT2D eigenvalue weighted by molar-refractivity contribution is 6.31. The first-order chi connectivity index (χ1) is 9.49. The van der Waals surface area contributed by atoms with Gasteiger partial charge in [0.25, 0.3) is 0 Å². The number of hydrogen-bond donors (Lipinski definition) is 5. The average molecular weight is 292 g/mol. The van der Waals surface area contributed by atoms with Crippen molar-refractivity contribution in [3.63, 3.8) is 0 Å². The third kappa shape index (κ3) is 13.9. The highest BCUT2D eigenvalue weighted by atomic mass is 16.4. The molecule has 0 bridgehead atoms. The number of rotatable bonds is 6. The number of carbonyl (C=O) groups is 3. The van der Waals surface area contributed by atoms with E-state index in [0.717, 1.165) is 6.34 Å². The van der Waals surface area contributed by atoms with E-state index in [4.69, 9.17) is 15.9 Å². The van der Waals surface area contributed by atoms with Crippen LogP contribution < -0.4 is 16.8 Å². The van der Waals surface area contributed by atoms with Crippen LogP contribution in [0.4, 0.5) is 0 Å². The topological polar surface area (TPSA) is 168 Å². The molecule has 0 fully saturated rings. The van der Waals surface area contributed by atoms with Crippen LogP contribution in [-0.2, 0) is 14.4 Å². The van der Waals surface area contributed by atoms with Gasteiger partial charge in [-0.05, 0) is 19.9 Å². The highest BCUT2D eigenvalue weighted by Gasteiger charge is 2.22. The summed E-state index contributed by atoms with van der Waals surface area (Å²) in [6.07, 6.45) is 1.56. The van der Waals surface area contributed by atoms with Crippen LogP contribution in [0.15, 0.2) is 4.99 Å². The average Bonchev–Trinajstić information content (AvgIpc) is 2.46. The second-order valence-corrected chi connectivity index (χ2v) is 2.87. The van der Waals surface area contributed by atoms with E-state index in [0.29, 0.717) is 13.0 Å². The van der Waals surface area contributed by atoms with Gasteiger partial charge in [-0.15, -0.1) is 0 Å². The Morgan fingerprint density at radius 2 is 1.75 bits per heavy atom. The van der Waals surface area contributed by atoms with Gasteiger partial charge in [-0.1, -0.05) is 13.8 Å². The van der Waals surface area contributed by atoms with E-state index in [1.54, 1.807) is 0 Å². The smallest absolute Gasteiger partial charge is 0.394 e. The van der Waals surface area contributed by atoms with E-state index < -0.39 is 23.9 Å². The SMILES string of the molecule is CC.CN.NC=NCCCC(NC(=O)C(=O)O)C(=O)O. The van der Waals surface area contributed by atoms with Gasteiger partial charge in [-0.3, -0.25) is 9.79 Å². The summed E-state index contributed by atoms with van der Waals surface area (Å²) in [4.78, 5) is 35.2. The summed E-state index contributed by atoms with van der Waals surface area (Å²) < 4.78 is 0. The normalized spacial score (nSPS) is 10.4. The molecule has 1 atom stereocenters. The van der Waals surface area contributed by atoms with Crippen molar-refractivity contribution < 1.29 is 24.6 Å². The summed E-state index contributed by atoms with van der Waals surface area (Å²) in [5, 5.41) is 18.8. The van der Waals surface area contributed by atoms with Crippen LogP contribution in [0.3, 0.4) is 0 Å². The van der Waals surface area contributed by atoms with Crippen LogP contribution in [0.25, 0.3) is 0 Å². The number of hydrogen-bond acceptors (Lipinski definition) is 5. The van der Waals surface area contributed by atoms with Gasteiger partial charge in [0, 0.05) is 6.54 Å². The van der Waals surface area contributed by atoms with E-state index in [1.165, 1.54) is 7.05 Å². The summed E-state index contributed by atoms with van der Waals surface area (Å²) in [6.45, 7) is 4.32. The van der Waals surface area contributed by atoms with Crippen LogP contribution in [0.2, 0.25) is 0 Å². The molecular weight excluding hydrogens is 268 g/mol. The van der Waals surface area contributed by atoms with Crippen LogP contribution in [0.5, 0.6) is 0 Å². The molecule has 0 heterocycles. The largest absolute Gasteiger partial charge is 0.480 e. The molecule has 1 amide bonds. The molecule has 0 rings (SSSR count). The fraction of sp³-hybridized carbons (Fsp3) is 0.636. The second kappa shape index (κ2) is 16.8. The Hall–Kier alpha value is -2.16. The molecule has 1 unspecified atom stereocenters.